The van der Waals surface area contributed by atoms with Crippen molar-refractivity contribution < 1.29 is 14.7 Å². The zero-order valence-corrected chi connectivity index (χ0v) is 11.7. The van der Waals surface area contributed by atoms with Crippen LogP contribution in [0.1, 0.15) is 29.6 Å². The quantitative estimate of drug-likeness (QED) is 0.924. The molecule has 5 heteroatoms. The molecule has 1 aliphatic heterocycles. The van der Waals surface area contributed by atoms with Gasteiger partial charge in [-0.1, -0.05) is 0 Å². The predicted octanol–water partition coefficient (Wildman–Crippen LogP) is 2.98. The Balaban J connectivity index is 1.91. The van der Waals surface area contributed by atoms with Crippen molar-refractivity contribution in [2.45, 2.75) is 25.3 Å². The number of carbonyl (C=O) groups excluding carboxylic acids is 1. The summed E-state index contributed by atoms with van der Waals surface area (Å²) in [5.74, 6) is -1.08. The predicted molar refractivity (Wildman–Crippen MR) is 78.1 cm³/mol. The molecule has 1 N–H and O–H groups in total. The maximum Gasteiger partial charge on any atom is 0.326 e. The van der Waals surface area contributed by atoms with Crippen LogP contribution in [0.4, 0.5) is 0 Å². The van der Waals surface area contributed by atoms with Crippen LogP contribution in [0.15, 0.2) is 29.6 Å². The van der Waals surface area contributed by atoms with Crippen LogP contribution in [0.2, 0.25) is 0 Å². The lowest BCUT2D eigenvalue weighted by Crippen LogP contribution is -2.47. The molecule has 0 spiro atoms. The Hall–Kier alpha value is -1.88. The van der Waals surface area contributed by atoms with E-state index in [0.717, 1.165) is 22.9 Å². The Morgan fingerprint density at radius 3 is 2.90 bits per heavy atom. The van der Waals surface area contributed by atoms with Crippen LogP contribution < -0.4 is 0 Å². The number of nitrogens with zero attached hydrogens (tertiary/aromatic N) is 1. The number of rotatable bonds is 2. The highest BCUT2D eigenvalue weighted by atomic mass is 32.1. The first-order chi connectivity index (χ1) is 9.66. The first-order valence-corrected chi connectivity index (χ1v) is 7.56. The zero-order chi connectivity index (χ0) is 14.1. The fourth-order valence-electron chi connectivity index (χ4n) is 2.70. The Kier molecular flexibility index (Phi) is 3.44. The van der Waals surface area contributed by atoms with Gasteiger partial charge in [0.15, 0.2) is 0 Å². The summed E-state index contributed by atoms with van der Waals surface area (Å²) >= 11 is 1.63. The fraction of sp³-hybridized carbons (Fsp3) is 0.333. The van der Waals surface area contributed by atoms with Gasteiger partial charge >= 0.3 is 5.97 Å². The number of aliphatic carboxylic acids is 1. The number of carboxylic acid groups (broad SMARTS) is 1. The largest absolute Gasteiger partial charge is 0.480 e. The van der Waals surface area contributed by atoms with Crippen LogP contribution in [-0.2, 0) is 4.79 Å². The molecule has 1 aromatic heterocycles. The summed E-state index contributed by atoms with van der Waals surface area (Å²) in [5, 5.41) is 12.3. The number of hydrogen-bond acceptors (Lipinski definition) is 3. The van der Waals surface area contributed by atoms with Crippen molar-refractivity contribution in [3.8, 4) is 0 Å². The maximum atomic E-state index is 12.5. The third-order valence-electron chi connectivity index (χ3n) is 3.75. The summed E-state index contributed by atoms with van der Waals surface area (Å²) in [5.41, 5.74) is 0.573. The highest BCUT2D eigenvalue weighted by Crippen LogP contribution is 2.24. The molecule has 3 rings (SSSR count). The number of likely N-dealkylation sites (tertiary alicyclic amines) is 1. The van der Waals surface area contributed by atoms with Crippen molar-refractivity contribution in [3.05, 3.63) is 35.2 Å². The second kappa shape index (κ2) is 5.25. The number of amides is 1. The Morgan fingerprint density at radius 1 is 1.25 bits per heavy atom. The topological polar surface area (TPSA) is 57.6 Å². The third kappa shape index (κ3) is 2.29. The van der Waals surface area contributed by atoms with Gasteiger partial charge in [0.2, 0.25) is 0 Å². The standard InChI is InChI=1S/C15H15NO3S/c17-14(16-7-2-1-3-12(16)15(18)19)11-4-5-13-10(9-11)6-8-20-13/h4-6,8-9,12H,1-3,7H2,(H,18,19). The van der Waals surface area contributed by atoms with Gasteiger partial charge < -0.3 is 10.0 Å². The molecule has 1 fully saturated rings. The number of hydrogen-bond donors (Lipinski definition) is 1. The average Bonchev–Trinajstić information content (AvgIpc) is 2.93. The molecule has 2 aromatic rings. The maximum absolute atomic E-state index is 12.5. The zero-order valence-electron chi connectivity index (χ0n) is 10.9. The average molecular weight is 289 g/mol. The van der Waals surface area contributed by atoms with Gasteiger partial charge in [0, 0.05) is 16.8 Å². The molecular weight excluding hydrogens is 274 g/mol. The van der Waals surface area contributed by atoms with Crippen LogP contribution in [0.5, 0.6) is 0 Å². The van der Waals surface area contributed by atoms with Gasteiger partial charge in [0.1, 0.15) is 6.04 Å². The van der Waals surface area contributed by atoms with Gasteiger partial charge in [-0.3, -0.25) is 4.79 Å². The van der Waals surface area contributed by atoms with E-state index in [9.17, 15) is 14.7 Å². The van der Waals surface area contributed by atoms with Crippen LogP contribution in [0.25, 0.3) is 10.1 Å². The minimum Gasteiger partial charge on any atom is -0.480 e. The van der Waals surface area contributed by atoms with Gasteiger partial charge in [-0.2, -0.15) is 0 Å². The molecule has 104 valence electrons. The van der Waals surface area contributed by atoms with Crippen LogP contribution >= 0.6 is 11.3 Å². The van der Waals surface area contributed by atoms with E-state index in [0.29, 0.717) is 18.5 Å². The van der Waals surface area contributed by atoms with Crippen molar-refractivity contribution in [3.63, 3.8) is 0 Å². The summed E-state index contributed by atoms with van der Waals surface area (Å²) in [6.45, 7) is 0.525. The van der Waals surface area contributed by atoms with Gasteiger partial charge in [-0.25, -0.2) is 4.79 Å². The number of carbonyl (C=O) groups is 2. The van der Waals surface area contributed by atoms with E-state index in [1.165, 1.54) is 4.90 Å². The van der Waals surface area contributed by atoms with Gasteiger partial charge in [0.25, 0.3) is 5.91 Å². The molecule has 1 aliphatic rings. The van der Waals surface area contributed by atoms with Crippen LogP contribution in [0, 0.1) is 0 Å². The molecule has 20 heavy (non-hydrogen) atoms. The first-order valence-electron chi connectivity index (χ1n) is 6.68. The summed E-state index contributed by atoms with van der Waals surface area (Å²) in [4.78, 5) is 25.3. The SMILES string of the molecule is O=C(O)C1CCCCN1C(=O)c1ccc2sccc2c1. The lowest BCUT2D eigenvalue weighted by Gasteiger charge is -2.33. The molecular formula is C15H15NO3S. The van der Waals surface area contributed by atoms with Gasteiger partial charge in [-0.15, -0.1) is 11.3 Å². The van der Waals surface area contributed by atoms with E-state index >= 15 is 0 Å². The Labute approximate surface area is 120 Å². The minimum absolute atomic E-state index is 0.176. The summed E-state index contributed by atoms with van der Waals surface area (Å²) < 4.78 is 1.13. The highest BCUT2D eigenvalue weighted by Gasteiger charge is 2.32. The molecule has 4 nitrogen and oxygen atoms in total. The van der Waals surface area contributed by atoms with E-state index in [2.05, 4.69) is 0 Å². The van der Waals surface area contributed by atoms with Crippen molar-refractivity contribution in [1.82, 2.24) is 4.90 Å². The fourth-order valence-corrected chi connectivity index (χ4v) is 3.47. The summed E-state index contributed by atoms with van der Waals surface area (Å²) in [6.07, 6.45) is 2.28. The lowest BCUT2D eigenvalue weighted by molar-refractivity contribution is -0.143. The smallest absolute Gasteiger partial charge is 0.326 e. The van der Waals surface area contributed by atoms with E-state index in [-0.39, 0.29) is 5.91 Å². The molecule has 1 saturated heterocycles. The normalized spacial score (nSPS) is 19.2. The summed E-state index contributed by atoms with van der Waals surface area (Å²) in [6, 6.07) is 6.85. The Bertz CT molecular complexity index is 664. The van der Waals surface area contributed by atoms with E-state index in [1.807, 2.05) is 23.6 Å². The number of carboxylic acids is 1. The molecule has 1 aromatic carbocycles. The van der Waals surface area contributed by atoms with E-state index in [1.54, 1.807) is 17.4 Å². The molecule has 1 unspecified atom stereocenters. The van der Waals surface area contributed by atoms with Gasteiger partial charge in [-0.05, 0) is 54.3 Å². The van der Waals surface area contributed by atoms with Crippen molar-refractivity contribution >= 4 is 33.3 Å². The monoisotopic (exact) mass is 289 g/mol. The van der Waals surface area contributed by atoms with Crippen molar-refractivity contribution in [2.24, 2.45) is 0 Å². The van der Waals surface area contributed by atoms with Gasteiger partial charge in [0.05, 0.1) is 0 Å². The second-order valence-corrected chi connectivity index (χ2v) is 5.97. The minimum atomic E-state index is -0.908. The molecule has 1 atom stereocenters. The number of piperidine rings is 1. The first kappa shape index (κ1) is 13.1. The molecule has 0 radical (unpaired) electrons. The molecule has 0 aliphatic carbocycles. The van der Waals surface area contributed by atoms with E-state index < -0.39 is 12.0 Å². The van der Waals surface area contributed by atoms with E-state index in [4.69, 9.17) is 0 Å². The van der Waals surface area contributed by atoms with Crippen LogP contribution in [-0.4, -0.2) is 34.5 Å². The molecule has 1 amide bonds. The number of fused-ring (bicyclic) bond motifs is 1. The Morgan fingerprint density at radius 2 is 2.10 bits per heavy atom. The van der Waals surface area contributed by atoms with Crippen molar-refractivity contribution in [2.75, 3.05) is 6.54 Å². The highest BCUT2D eigenvalue weighted by molar-refractivity contribution is 7.17. The molecule has 2 heterocycles. The molecule has 0 saturated carbocycles. The van der Waals surface area contributed by atoms with Crippen LogP contribution in [0.3, 0.4) is 0 Å². The second-order valence-electron chi connectivity index (χ2n) is 5.02. The lowest BCUT2D eigenvalue weighted by atomic mass is 10.0. The third-order valence-corrected chi connectivity index (χ3v) is 4.65. The molecule has 0 bridgehead atoms. The number of thiophene rings is 1. The summed E-state index contributed by atoms with van der Waals surface area (Å²) in [7, 11) is 0. The van der Waals surface area contributed by atoms with Crippen molar-refractivity contribution in [1.29, 1.82) is 0 Å². The number of benzene rings is 1.